The standard InChI is InChI=1S/C39H33ClN4O8S/c1-17-24-13-20(40)5-10-29(24)53-33(17)27-15-30(42(3)41-27)43-35(47)26-14-25-22(7-8-23-31(25)36(48)44(34(23)46)38(50)51-4)32(39(26,2)37(43)49)19-11-18-12-21(45)6-9-28(18)52-16-19/h5-7,9-10,12-13,15-16,23,25-26,31-32,45H,8,11,14H2,1-4H3/t23-,25+,26-,31-,32-,39+/m0/s1. The molecular formula is C39H33ClN4O8S. The molecule has 3 fully saturated rings. The Morgan fingerprint density at radius 1 is 1.08 bits per heavy atom. The molecule has 5 aliphatic rings. The fourth-order valence-electron chi connectivity index (χ4n) is 9.55. The molecule has 2 saturated heterocycles. The van der Waals surface area contributed by atoms with Gasteiger partial charge in [-0.25, -0.2) is 9.69 Å². The van der Waals surface area contributed by atoms with Gasteiger partial charge in [-0.05, 0) is 85.5 Å². The lowest BCUT2D eigenvalue weighted by Gasteiger charge is -2.49. The largest absolute Gasteiger partial charge is 0.508 e. The van der Waals surface area contributed by atoms with E-state index in [0.29, 0.717) is 44.7 Å². The molecule has 2 aromatic carbocycles. The summed E-state index contributed by atoms with van der Waals surface area (Å²) in [5.41, 5.74) is 2.41. The third-order valence-corrected chi connectivity index (χ3v) is 13.5. The fourth-order valence-corrected chi connectivity index (χ4v) is 10.9. The van der Waals surface area contributed by atoms with Crippen LogP contribution in [0.25, 0.3) is 20.7 Å². The highest BCUT2D eigenvalue weighted by Gasteiger charge is 2.68. The molecule has 9 rings (SSSR count). The van der Waals surface area contributed by atoms with Crippen molar-refractivity contribution in [1.82, 2.24) is 14.7 Å². The molecule has 12 nitrogen and oxygen atoms in total. The van der Waals surface area contributed by atoms with Crippen LogP contribution in [0.5, 0.6) is 11.5 Å². The van der Waals surface area contributed by atoms with E-state index < -0.39 is 64.7 Å². The van der Waals surface area contributed by atoms with Gasteiger partial charge in [0.05, 0.1) is 41.4 Å². The van der Waals surface area contributed by atoms with Crippen molar-refractivity contribution in [3.63, 3.8) is 0 Å². The zero-order valence-corrected chi connectivity index (χ0v) is 30.7. The van der Waals surface area contributed by atoms with E-state index in [-0.39, 0.29) is 18.6 Å². The minimum atomic E-state index is -1.32. The molecule has 5 heterocycles. The molecule has 14 heteroatoms. The maximum Gasteiger partial charge on any atom is 0.423 e. The Labute approximate surface area is 312 Å². The summed E-state index contributed by atoms with van der Waals surface area (Å²) < 4.78 is 13.4. The molecule has 0 radical (unpaired) electrons. The molecule has 53 heavy (non-hydrogen) atoms. The number of methoxy groups -OCH3 is 1. The molecule has 0 spiro atoms. The average Bonchev–Trinajstić information content (AvgIpc) is 3.81. The van der Waals surface area contributed by atoms with Gasteiger partial charge in [-0.2, -0.15) is 10.00 Å². The van der Waals surface area contributed by atoms with Gasteiger partial charge in [-0.1, -0.05) is 23.3 Å². The highest BCUT2D eigenvalue weighted by Crippen LogP contribution is 2.63. The molecule has 6 atom stereocenters. The number of fused-ring (bicyclic) bond motifs is 6. The van der Waals surface area contributed by atoms with Crippen LogP contribution in [0.4, 0.5) is 10.6 Å². The van der Waals surface area contributed by atoms with Crippen LogP contribution in [0.1, 0.15) is 30.9 Å². The number of phenols is 1. The van der Waals surface area contributed by atoms with E-state index in [1.165, 1.54) is 15.6 Å². The highest BCUT2D eigenvalue weighted by atomic mass is 35.5. The van der Waals surface area contributed by atoms with E-state index in [2.05, 4.69) is 0 Å². The Morgan fingerprint density at radius 2 is 1.87 bits per heavy atom. The van der Waals surface area contributed by atoms with Crippen LogP contribution in [0.2, 0.25) is 5.02 Å². The van der Waals surface area contributed by atoms with Gasteiger partial charge in [-0.3, -0.25) is 23.9 Å². The fraction of sp³-hybridized carbons (Fsp3) is 0.333. The molecule has 2 aliphatic carbocycles. The number of hydrogen-bond acceptors (Lipinski definition) is 10. The Bertz CT molecular complexity index is 2430. The number of rotatable bonds is 3. The first-order chi connectivity index (χ1) is 25.3. The van der Waals surface area contributed by atoms with Crippen LogP contribution >= 0.6 is 22.9 Å². The van der Waals surface area contributed by atoms with E-state index in [1.54, 1.807) is 49.8 Å². The maximum atomic E-state index is 15.1. The van der Waals surface area contributed by atoms with Crippen molar-refractivity contribution in [2.24, 2.45) is 42.1 Å². The number of nitrogens with zero attached hydrogens (tertiary/aromatic N) is 4. The number of aromatic nitrogens is 2. The number of ether oxygens (including phenoxy) is 2. The predicted octanol–water partition coefficient (Wildman–Crippen LogP) is 6.32. The molecular weight excluding hydrogens is 720 g/mol. The monoisotopic (exact) mass is 752 g/mol. The van der Waals surface area contributed by atoms with Gasteiger partial charge in [0, 0.05) is 40.7 Å². The van der Waals surface area contributed by atoms with Crippen molar-refractivity contribution < 1.29 is 38.6 Å². The smallest absolute Gasteiger partial charge is 0.423 e. The van der Waals surface area contributed by atoms with Crippen molar-refractivity contribution in [1.29, 1.82) is 0 Å². The number of benzene rings is 2. The number of carbonyl (C=O) groups excluding carboxylic acids is 5. The van der Waals surface area contributed by atoms with Gasteiger partial charge in [-0.15, -0.1) is 11.3 Å². The highest BCUT2D eigenvalue weighted by molar-refractivity contribution is 7.22. The van der Waals surface area contributed by atoms with E-state index in [0.717, 1.165) is 33.2 Å². The Hall–Kier alpha value is -5.27. The summed E-state index contributed by atoms with van der Waals surface area (Å²) in [5.74, 6) is -5.18. The Balaban J connectivity index is 1.16. The zero-order valence-electron chi connectivity index (χ0n) is 29.1. The molecule has 1 saturated carbocycles. The first-order valence-corrected chi connectivity index (χ1v) is 18.5. The van der Waals surface area contributed by atoms with Gasteiger partial charge >= 0.3 is 6.09 Å². The van der Waals surface area contributed by atoms with Crippen LogP contribution in [0.15, 0.2) is 65.9 Å². The first kappa shape index (κ1) is 33.6. The number of allylic oxidation sites excluding steroid dienone is 3. The molecule has 3 aliphatic heterocycles. The molecule has 0 bridgehead atoms. The van der Waals surface area contributed by atoms with Gasteiger partial charge in [0.25, 0.3) is 0 Å². The second kappa shape index (κ2) is 11.6. The average molecular weight is 753 g/mol. The summed E-state index contributed by atoms with van der Waals surface area (Å²) in [6.45, 7) is 3.78. The molecule has 1 N–H and O–H groups in total. The lowest BCUT2D eigenvalue weighted by atomic mass is 9.51. The number of carbonyl (C=O) groups is 5. The number of thiophene rings is 1. The SMILES string of the molecule is COC(=O)N1C(=O)[C@H]2[C@H](CC=C3[C@H](C4=COc5ccc(O)cc5C4)[C@]4(C)C(=O)N(c5cc(-c6sc7ccc(Cl)cc7c6C)nn5C)C(=O)[C@@H]4C[C@H]32)C1=O. The van der Waals surface area contributed by atoms with Gasteiger partial charge in [0.15, 0.2) is 0 Å². The topological polar surface area (TPSA) is 148 Å². The molecule has 270 valence electrons. The molecule has 2 aromatic heterocycles. The van der Waals surface area contributed by atoms with E-state index in [4.69, 9.17) is 26.2 Å². The summed E-state index contributed by atoms with van der Waals surface area (Å²) in [6.07, 6.45) is 3.05. The van der Waals surface area contributed by atoms with Crippen LogP contribution < -0.4 is 9.64 Å². The van der Waals surface area contributed by atoms with E-state index >= 15 is 4.79 Å². The van der Waals surface area contributed by atoms with Crippen molar-refractivity contribution in [3.05, 3.63) is 82.1 Å². The normalized spacial score (nSPS) is 27.6. The Kier molecular flexibility index (Phi) is 7.35. The van der Waals surface area contributed by atoms with Crippen LogP contribution in [0, 0.1) is 41.9 Å². The summed E-state index contributed by atoms with van der Waals surface area (Å²) in [7, 11) is 2.81. The lowest BCUT2D eigenvalue weighted by molar-refractivity contribution is -0.138. The molecule has 0 unspecified atom stereocenters. The summed E-state index contributed by atoms with van der Waals surface area (Å²) >= 11 is 7.85. The number of anilines is 1. The second-order valence-corrected chi connectivity index (χ2v) is 16.1. The number of imide groups is 4. The molecule has 5 amide bonds. The maximum absolute atomic E-state index is 15.1. The van der Waals surface area contributed by atoms with Crippen molar-refractivity contribution in [2.75, 3.05) is 12.0 Å². The van der Waals surface area contributed by atoms with Crippen molar-refractivity contribution >= 4 is 68.6 Å². The summed E-state index contributed by atoms with van der Waals surface area (Å²) in [4.78, 5) is 72.6. The summed E-state index contributed by atoms with van der Waals surface area (Å²) in [5, 5.41) is 16.7. The minimum Gasteiger partial charge on any atom is -0.508 e. The van der Waals surface area contributed by atoms with E-state index in [1.807, 2.05) is 31.2 Å². The third-order valence-electron chi connectivity index (χ3n) is 12.0. The van der Waals surface area contributed by atoms with Gasteiger partial charge in [0.2, 0.25) is 23.6 Å². The van der Waals surface area contributed by atoms with Crippen LogP contribution in [-0.2, 0) is 37.4 Å². The minimum absolute atomic E-state index is 0.0548. The number of halogens is 1. The number of aromatic hydroxyl groups is 1. The quantitative estimate of drug-likeness (QED) is 0.188. The number of likely N-dealkylation sites (tertiary alicyclic amines) is 1. The predicted molar refractivity (Wildman–Crippen MR) is 194 cm³/mol. The third kappa shape index (κ3) is 4.59. The van der Waals surface area contributed by atoms with E-state index in [9.17, 15) is 24.3 Å². The second-order valence-electron chi connectivity index (χ2n) is 14.6. The van der Waals surface area contributed by atoms with Crippen molar-refractivity contribution in [2.45, 2.75) is 33.1 Å². The number of amides is 5. The van der Waals surface area contributed by atoms with Crippen LogP contribution in [0.3, 0.4) is 0 Å². The zero-order chi connectivity index (χ0) is 37.2. The van der Waals surface area contributed by atoms with Crippen LogP contribution in [-0.4, -0.2) is 56.6 Å². The number of phenolic OH excluding ortho intramolecular Hbond substituents is 1. The Morgan fingerprint density at radius 3 is 2.64 bits per heavy atom. The number of aryl methyl sites for hydroxylation is 2. The lowest BCUT2D eigenvalue weighted by Crippen LogP contribution is -2.51. The summed E-state index contributed by atoms with van der Waals surface area (Å²) in [6, 6.07) is 12.2. The van der Waals surface area contributed by atoms with Gasteiger partial charge < -0.3 is 14.6 Å². The first-order valence-electron chi connectivity index (χ1n) is 17.3. The van der Waals surface area contributed by atoms with Gasteiger partial charge in [0.1, 0.15) is 23.0 Å². The van der Waals surface area contributed by atoms with Crippen molar-refractivity contribution in [3.8, 4) is 22.1 Å². The number of hydrogen-bond donors (Lipinski definition) is 1. The molecule has 4 aromatic rings.